The number of piperidine rings is 2. The third-order valence-corrected chi connectivity index (χ3v) is 10.8. The molecule has 0 radical (unpaired) electrons. The molecule has 4 heterocycles. The molecule has 0 bridgehead atoms. The van der Waals surface area contributed by atoms with Crippen molar-refractivity contribution in [2.75, 3.05) is 59.4 Å². The van der Waals surface area contributed by atoms with Crippen LogP contribution in [0.25, 0.3) is 0 Å². The average molecular weight is 613 g/mol. The summed E-state index contributed by atoms with van der Waals surface area (Å²) >= 11 is 0. The van der Waals surface area contributed by atoms with Crippen LogP contribution in [0.4, 0.5) is 8.78 Å². The van der Waals surface area contributed by atoms with E-state index in [-0.39, 0.29) is 42.4 Å². The topological polar surface area (TPSA) is 132 Å². The third kappa shape index (κ3) is 8.43. The number of carbonyl (C=O) groups is 2. The van der Waals surface area contributed by atoms with Crippen molar-refractivity contribution in [3.05, 3.63) is 0 Å². The quantitative estimate of drug-likeness (QED) is 0.243. The highest BCUT2D eigenvalue weighted by molar-refractivity contribution is 5.82. The predicted molar refractivity (Wildman–Crippen MR) is 166 cm³/mol. The van der Waals surface area contributed by atoms with Crippen LogP contribution in [0.1, 0.15) is 71.6 Å². The summed E-state index contributed by atoms with van der Waals surface area (Å²) in [5.41, 5.74) is 12.4. The molecule has 0 aromatic carbocycles. The first kappa shape index (κ1) is 34.4. The second kappa shape index (κ2) is 15.7. The number of nitrogens with one attached hydrogen (secondary N) is 3. The van der Waals surface area contributed by atoms with E-state index in [9.17, 15) is 14.0 Å². The van der Waals surface area contributed by atoms with Crippen LogP contribution in [0.5, 0.6) is 0 Å². The predicted octanol–water partition coefficient (Wildman–Crippen LogP) is 0.946. The number of carbonyl (C=O) groups excluding carboxylic acids is 2. The molecule has 12 heteroatoms. The monoisotopic (exact) mass is 612 g/mol. The Kier molecular flexibility index (Phi) is 12.6. The maximum atomic E-state index is 15.6. The fourth-order valence-electron chi connectivity index (χ4n) is 8.23. The average Bonchev–Trinajstić information content (AvgIpc) is 2.98. The summed E-state index contributed by atoms with van der Waals surface area (Å²) in [6, 6.07) is -1.47. The highest BCUT2D eigenvalue weighted by Gasteiger charge is 2.44. The van der Waals surface area contributed by atoms with Crippen LogP contribution in [0.3, 0.4) is 0 Å². The van der Waals surface area contributed by atoms with E-state index < -0.39 is 36.5 Å². The molecule has 4 fully saturated rings. The van der Waals surface area contributed by atoms with E-state index >= 15 is 4.39 Å². The number of likely N-dealkylation sites (N-methyl/N-ethyl adjacent to an activating group) is 1. The van der Waals surface area contributed by atoms with Gasteiger partial charge in [-0.15, -0.1) is 0 Å². The number of rotatable bonds is 9. The summed E-state index contributed by atoms with van der Waals surface area (Å²) < 4.78 is 30.3. The molecular weight excluding hydrogens is 554 g/mol. The Morgan fingerprint density at radius 2 is 1.77 bits per heavy atom. The van der Waals surface area contributed by atoms with Gasteiger partial charge in [-0.05, 0) is 57.5 Å². The van der Waals surface area contributed by atoms with E-state index in [2.05, 4.69) is 39.6 Å². The molecule has 43 heavy (non-hydrogen) atoms. The van der Waals surface area contributed by atoms with Gasteiger partial charge in [0.15, 0.2) is 0 Å². The molecule has 0 saturated carbocycles. The maximum Gasteiger partial charge on any atom is 0.240 e. The van der Waals surface area contributed by atoms with E-state index in [1.165, 1.54) is 0 Å². The lowest BCUT2D eigenvalue weighted by Crippen LogP contribution is -2.69. The first-order valence-corrected chi connectivity index (χ1v) is 16.9. The minimum absolute atomic E-state index is 0.0733. The molecule has 0 spiro atoms. The van der Waals surface area contributed by atoms with Crippen LogP contribution in [0.2, 0.25) is 0 Å². The Hall–Kier alpha value is -1.44. The number of piperazine rings is 1. The Labute approximate surface area is 257 Å². The molecule has 8 unspecified atom stereocenters. The zero-order valence-electron chi connectivity index (χ0n) is 26.7. The highest BCUT2D eigenvalue weighted by atomic mass is 19.1. The molecular formula is C31H58F2N8O2. The zero-order chi connectivity index (χ0) is 31.1. The van der Waals surface area contributed by atoms with Gasteiger partial charge in [0.05, 0.1) is 30.2 Å². The van der Waals surface area contributed by atoms with Crippen LogP contribution in [0, 0.1) is 11.3 Å². The molecule has 0 aromatic rings. The second-order valence-electron chi connectivity index (χ2n) is 13.7. The van der Waals surface area contributed by atoms with Gasteiger partial charge in [-0.2, -0.15) is 0 Å². The van der Waals surface area contributed by atoms with E-state index in [4.69, 9.17) is 11.5 Å². The van der Waals surface area contributed by atoms with Gasteiger partial charge in [0.1, 0.15) is 12.3 Å². The lowest BCUT2D eigenvalue weighted by Gasteiger charge is -2.47. The summed E-state index contributed by atoms with van der Waals surface area (Å²) in [5, 5.41) is 9.57. The maximum absolute atomic E-state index is 15.6. The van der Waals surface area contributed by atoms with E-state index in [1.807, 2.05) is 11.9 Å². The fourth-order valence-corrected chi connectivity index (χ4v) is 8.23. The minimum Gasteiger partial charge on any atom is -0.350 e. The Balaban J connectivity index is 1.44. The molecule has 10 nitrogen and oxygen atoms in total. The molecule has 4 saturated heterocycles. The van der Waals surface area contributed by atoms with E-state index in [1.54, 1.807) is 0 Å². The Morgan fingerprint density at radius 1 is 1.02 bits per heavy atom. The van der Waals surface area contributed by atoms with Gasteiger partial charge in [0, 0.05) is 51.9 Å². The zero-order valence-corrected chi connectivity index (χ0v) is 26.7. The smallest absolute Gasteiger partial charge is 0.240 e. The molecule has 2 amide bonds. The number of nitrogens with two attached hydrogens (primary N) is 2. The van der Waals surface area contributed by atoms with Crippen molar-refractivity contribution in [2.24, 2.45) is 22.8 Å². The number of hydrogen-bond donors (Lipinski definition) is 5. The van der Waals surface area contributed by atoms with E-state index in [0.29, 0.717) is 45.6 Å². The van der Waals surface area contributed by atoms with Crippen molar-refractivity contribution in [2.45, 2.75) is 114 Å². The summed E-state index contributed by atoms with van der Waals surface area (Å²) in [7, 11) is 2.02. The van der Waals surface area contributed by atoms with Crippen molar-refractivity contribution < 1.29 is 18.4 Å². The van der Waals surface area contributed by atoms with Crippen molar-refractivity contribution in [3.63, 3.8) is 0 Å². The Bertz CT molecular complexity index is 907. The normalized spacial score (nSPS) is 36.1. The van der Waals surface area contributed by atoms with Crippen molar-refractivity contribution in [3.8, 4) is 0 Å². The molecule has 4 aliphatic heterocycles. The van der Waals surface area contributed by atoms with Gasteiger partial charge in [-0.1, -0.05) is 33.1 Å². The van der Waals surface area contributed by atoms with Crippen LogP contribution >= 0.6 is 0 Å². The lowest BCUT2D eigenvalue weighted by atomic mass is 9.69. The Morgan fingerprint density at radius 3 is 2.42 bits per heavy atom. The number of hydrogen-bond acceptors (Lipinski definition) is 8. The molecule has 0 aromatic heterocycles. The van der Waals surface area contributed by atoms with Crippen LogP contribution in [0.15, 0.2) is 0 Å². The summed E-state index contributed by atoms with van der Waals surface area (Å²) in [4.78, 5) is 33.4. The number of likely N-dealkylation sites (tertiary alicyclic amines) is 1. The van der Waals surface area contributed by atoms with Gasteiger partial charge < -0.3 is 32.3 Å². The second-order valence-corrected chi connectivity index (χ2v) is 13.7. The van der Waals surface area contributed by atoms with Gasteiger partial charge in [-0.25, -0.2) is 8.78 Å². The van der Waals surface area contributed by atoms with Crippen LogP contribution in [-0.4, -0.2) is 129 Å². The SMILES string of the molecule is CCCC1(CC)CCC(F)CNC(C(C(=O)NC2CNCC(F)C2N2CCN(C(=O)C3CCCCN3C)CC2)C(N)N)C1. The van der Waals surface area contributed by atoms with Gasteiger partial charge in [-0.3, -0.25) is 19.4 Å². The molecule has 4 rings (SSSR count). The molecule has 8 atom stereocenters. The number of amides is 2. The number of halogens is 2. The summed E-state index contributed by atoms with van der Waals surface area (Å²) in [6.45, 7) is 8.20. The van der Waals surface area contributed by atoms with Crippen molar-refractivity contribution >= 4 is 11.8 Å². The number of nitrogens with zero attached hydrogens (tertiary/aromatic N) is 3. The molecule has 248 valence electrons. The third-order valence-electron chi connectivity index (χ3n) is 10.8. The highest BCUT2D eigenvalue weighted by Crippen LogP contribution is 2.41. The standard InChI is InChI=1S/C31H58F2N8O2/c1-4-10-31(5-2)11-9-21(32)18-37-23(17-31)26(28(34)35)29(42)38-24-20-36-19-22(33)27(24)40-13-15-41(16-14-40)30(43)25-8-6-7-12-39(25)3/h21-28,36-37H,4-20,34-35H2,1-3H3,(H,38,42). The van der Waals surface area contributed by atoms with Crippen LogP contribution < -0.4 is 27.4 Å². The van der Waals surface area contributed by atoms with Crippen molar-refractivity contribution in [1.29, 1.82) is 0 Å². The molecule has 0 aliphatic carbocycles. The molecule has 7 N–H and O–H groups in total. The first-order chi connectivity index (χ1) is 20.6. The first-order valence-electron chi connectivity index (χ1n) is 16.9. The minimum atomic E-state index is -1.18. The van der Waals surface area contributed by atoms with Crippen LogP contribution in [-0.2, 0) is 9.59 Å². The summed E-state index contributed by atoms with van der Waals surface area (Å²) in [6.07, 6.45) is 4.74. The van der Waals surface area contributed by atoms with E-state index in [0.717, 1.165) is 51.5 Å². The lowest BCUT2D eigenvalue weighted by molar-refractivity contribution is -0.140. The van der Waals surface area contributed by atoms with Gasteiger partial charge in [0.2, 0.25) is 11.8 Å². The number of alkyl halides is 2. The van der Waals surface area contributed by atoms with Gasteiger partial charge >= 0.3 is 0 Å². The summed E-state index contributed by atoms with van der Waals surface area (Å²) in [5.74, 6) is -0.928. The molecule has 4 aliphatic rings. The van der Waals surface area contributed by atoms with Gasteiger partial charge in [0.25, 0.3) is 0 Å². The fraction of sp³-hybridized carbons (Fsp3) is 0.935. The largest absolute Gasteiger partial charge is 0.350 e. The van der Waals surface area contributed by atoms with Crippen molar-refractivity contribution in [1.82, 2.24) is 30.7 Å².